The van der Waals surface area contributed by atoms with Crippen molar-refractivity contribution in [3.8, 4) is 5.75 Å². The summed E-state index contributed by atoms with van der Waals surface area (Å²) in [6, 6.07) is 8.35. The molecule has 1 aromatic carbocycles. The molecule has 0 spiro atoms. The van der Waals surface area contributed by atoms with Crippen molar-refractivity contribution in [1.29, 1.82) is 0 Å². The molecule has 1 saturated carbocycles. The highest BCUT2D eigenvalue weighted by Gasteiger charge is 2.38. The SMILES string of the molecule is CCC(CC1CC1)N1C(=O)CNC1c1cccc(OC)c1. The summed E-state index contributed by atoms with van der Waals surface area (Å²) < 4.78 is 5.31. The van der Waals surface area contributed by atoms with Crippen molar-refractivity contribution < 1.29 is 9.53 Å². The fraction of sp³-hybridized carbons (Fsp3) is 0.588. The number of amides is 1. The van der Waals surface area contributed by atoms with E-state index in [1.165, 1.54) is 12.8 Å². The average molecular weight is 288 g/mol. The lowest BCUT2D eigenvalue weighted by Gasteiger charge is -2.32. The van der Waals surface area contributed by atoms with Crippen molar-refractivity contribution in [1.82, 2.24) is 10.2 Å². The number of nitrogens with one attached hydrogen (secondary N) is 1. The van der Waals surface area contributed by atoms with Gasteiger partial charge in [0.1, 0.15) is 11.9 Å². The second kappa shape index (κ2) is 6.06. The molecule has 0 aromatic heterocycles. The van der Waals surface area contributed by atoms with E-state index < -0.39 is 0 Å². The van der Waals surface area contributed by atoms with E-state index in [9.17, 15) is 4.79 Å². The first-order chi connectivity index (χ1) is 10.2. The van der Waals surface area contributed by atoms with Crippen LogP contribution >= 0.6 is 0 Å². The van der Waals surface area contributed by atoms with Gasteiger partial charge in [0.15, 0.2) is 0 Å². The molecule has 0 radical (unpaired) electrons. The third kappa shape index (κ3) is 3.05. The van der Waals surface area contributed by atoms with Crippen LogP contribution in [0.5, 0.6) is 5.75 Å². The summed E-state index contributed by atoms with van der Waals surface area (Å²) >= 11 is 0. The molecule has 1 aliphatic carbocycles. The Labute approximate surface area is 126 Å². The van der Waals surface area contributed by atoms with Gasteiger partial charge in [-0.25, -0.2) is 0 Å². The van der Waals surface area contributed by atoms with Crippen LogP contribution in [0.4, 0.5) is 0 Å². The number of rotatable bonds is 6. The van der Waals surface area contributed by atoms with Crippen LogP contribution in [-0.2, 0) is 4.79 Å². The first-order valence-corrected chi connectivity index (χ1v) is 7.91. The highest BCUT2D eigenvalue weighted by molar-refractivity contribution is 5.81. The van der Waals surface area contributed by atoms with Crippen LogP contribution in [0, 0.1) is 5.92 Å². The van der Waals surface area contributed by atoms with E-state index in [0.29, 0.717) is 12.6 Å². The summed E-state index contributed by atoms with van der Waals surface area (Å²) in [5.74, 6) is 1.88. The van der Waals surface area contributed by atoms with Gasteiger partial charge in [-0.05, 0) is 36.5 Å². The van der Waals surface area contributed by atoms with E-state index >= 15 is 0 Å². The van der Waals surface area contributed by atoms with Crippen molar-refractivity contribution in [2.45, 2.75) is 44.8 Å². The molecule has 4 nitrogen and oxygen atoms in total. The van der Waals surface area contributed by atoms with E-state index in [0.717, 1.165) is 30.1 Å². The van der Waals surface area contributed by atoms with Gasteiger partial charge in [0, 0.05) is 6.04 Å². The molecule has 21 heavy (non-hydrogen) atoms. The summed E-state index contributed by atoms with van der Waals surface area (Å²) in [6.07, 6.45) is 4.80. The summed E-state index contributed by atoms with van der Waals surface area (Å²) in [5.41, 5.74) is 1.11. The monoisotopic (exact) mass is 288 g/mol. The van der Waals surface area contributed by atoms with Gasteiger partial charge >= 0.3 is 0 Å². The van der Waals surface area contributed by atoms with Crippen molar-refractivity contribution in [3.63, 3.8) is 0 Å². The molecule has 1 heterocycles. The van der Waals surface area contributed by atoms with Crippen molar-refractivity contribution in [3.05, 3.63) is 29.8 Å². The van der Waals surface area contributed by atoms with Gasteiger partial charge in [-0.2, -0.15) is 0 Å². The Kier molecular flexibility index (Phi) is 4.15. The van der Waals surface area contributed by atoms with Crippen molar-refractivity contribution in [2.75, 3.05) is 13.7 Å². The minimum Gasteiger partial charge on any atom is -0.497 e. The van der Waals surface area contributed by atoms with Crippen LogP contribution in [0.25, 0.3) is 0 Å². The lowest BCUT2D eigenvalue weighted by Crippen LogP contribution is -2.39. The predicted molar refractivity (Wildman–Crippen MR) is 82.0 cm³/mol. The summed E-state index contributed by atoms with van der Waals surface area (Å²) in [6.45, 7) is 2.62. The first-order valence-electron chi connectivity index (χ1n) is 7.91. The van der Waals surface area contributed by atoms with Crippen LogP contribution in [0.3, 0.4) is 0 Å². The molecule has 1 aromatic rings. The minimum atomic E-state index is -0.0173. The number of hydrogen-bond donors (Lipinski definition) is 1. The van der Waals surface area contributed by atoms with Crippen molar-refractivity contribution >= 4 is 5.91 Å². The third-order valence-electron chi connectivity index (χ3n) is 4.59. The number of methoxy groups -OCH3 is 1. The Hall–Kier alpha value is -1.55. The van der Waals surface area contributed by atoms with Gasteiger partial charge in [0.05, 0.1) is 13.7 Å². The first kappa shape index (κ1) is 14.4. The van der Waals surface area contributed by atoms with Crippen LogP contribution in [0.15, 0.2) is 24.3 Å². The molecular weight excluding hydrogens is 264 g/mol. The Morgan fingerprint density at radius 1 is 1.43 bits per heavy atom. The molecule has 1 saturated heterocycles. The third-order valence-corrected chi connectivity index (χ3v) is 4.59. The van der Waals surface area contributed by atoms with Gasteiger partial charge in [-0.1, -0.05) is 31.9 Å². The second-order valence-electron chi connectivity index (χ2n) is 6.10. The smallest absolute Gasteiger partial charge is 0.238 e. The predicted octanol–water partition coefficient (Wildman–Crippen LogP) is 2.70. The number of hydrogen-bond acceptors (Lipinski definition) is 3. The Morgan fingerprint density at radius 3 is 2.90 bits per heavy atom. The van der Waals surface area contributed by atoms with Gasteiger partial charge in [0.25, 0.3) is 0 Å². The highest BCUT2D eigenvalue weighted by Crippen LogP contribution is 2.38. The quantitative estimate of drug-likeness (QED) is 0.875. The van der Waals surface area contributed by atoms with Crippen LogP contribution in [0.2, 0.25) is 0 Å². The van der Waals surface area contributed by atoms with E-state index in [1.54, 1.807) is 7.11 Å². The van der Waals surface area contributed by atoms with Crippen LogP contribution in [-0.4, -0.2) is 30.5 Å². The zero-order chi connectivity index (χ0) is 14.8. The van der Waals surface area contributed by atoms with Gasteiger partial charge in [-0.15, -0.1) is 0 Å². The summed E-state index contributed by atoms with van der Waals surface area (Å²) in [4.78, 5) is 14.4. The molecule has 1 N–H and O–H groups in total. The lowest BCUT2D eigenvalue weighted by atomic mass is 10.0. The van der Waals surface area contributed by atoms with E-state index in [-0.39, 0.29) is 12.1 Å². The number of benzene rings is 1. The minimum absolute atomic E-state index is 0.0173. The lowest BCUT2D eigenvalue weighted by molar-refractivity contribution is -0.130. The zero-order valence-corrected chi connectivity index (χ0v) is 12.8. The van der Waals surface area contributed by atoms with Crippen LogP contribution < -0.4 is 10.1 Å². The van der Waals surface area contributed by atoms with Crippen molar-refractivity contribution in [2.24, 2.45) is 5.92 Å². The number of carbonyl (C=O) groups is 1. The molecule has 2 aliphatic rings. The fourth-order valence-corrected chi connectivity index (χ4v) is 3.24. The summed E-state index contributed by atoms with van der Waals surface area (Å²) in [5, 5.41) is 3.35. The van der Waals surface area contributed by atoms with Gasteiger partial charge in [0.2, 0.25) is 5.91 Å². The van der Waals surface area contributed by atoms with E-state index in [1.807, 2.05) is 18.2 Å². The molecule has 114 valence electrons. The molecule has 4 heteroatoms. The van der Waals surface area contributed by atoms with Gasteiger partial charge < -0.3 is 9.64 Å². The molecule has 2 fully saturated rings. The number of nitrogens with zero attached hydrogens (tertiary/aromatic N) is 1. The molecule has 0 bridgehead atoms. The fourth-order valence-electron chi connectivity index (χ4n) is 3.24. The standard InChI is InChI=1S/C17H24N2O2/c1-3-14(9-12-7-8-12)19-16(20)11-18-17(19)13-5-4-6-15(10-13)21-2/h4-6,10,12,14,17-18H,3,7-9,11H2,1-2H3. The molecular formula is C17H24N2O2. The maximum atomic E-state index is 12.3. The molecule has 1 aliphatic heterocycles. The largest absolute Gasteiger partial charge is 0.497 e. The molecule has 1 amide bonds. The Bertz CT molecular complexity index is 513. The Balaban J connectivity index is 1.83. The average Bonchev–Trinajstić information content (AvgIpc) is 3.26. The van der Waals surface area contributed by atoms with Gasteiger partial charge in [-0.3, -0.25) is 10.1 Å². The van der Waals surface area contributed by atoms with Crippen LogP contribution in [0.1, 0.15) is 44.3 Å². The summed E-state index contributed by atoms with van der Waals surface area (Å²) in [7, 11) is 1.67. The number of ether oxygens (including phenoxy) is 1. The van der Waals surface area contributed by atoms with E-state index in [2.05, 4.69) is 23.2 Å². The maximum Gasteiger partial charge on any atom is 0.238 e. The molecule has 3 rings (SSSR count). The zero-order valence-electron chi connectivity index (χ0n) is 12.8. The molecule has 2 atom stereocenters. The number of carbonyl (C=O) groups excluding carboxylic acids is 1. The highest BCUT2D eigenvalue weighted by atomic mass is 16.5. The normalized spacial score (nSPS) is 23.4. The maximum absolute atomic E-state index is 12.3. The second-order valence-corrected chi connectivity index (χ2v) is 6.10. The Morgan fingerprint density at radius 2 is 2.24 bits per heavy atom. The van der Waals surface area contributed by atoms with E-state index in [4.69, 9.17) is 4.74 Å². The molecule has 2 unspecified atom stereocenters. The topological polar surface area (TPSA) is 41.6 Å².